The minimum Gasteiger partial charge on any atom is -0.497 e. The smallest absolute Gasteiger partial charge is 0.308 e. The molecule has 170 valence electrons. The maximum absolute atomic E-state index is 12.0. The lowest BCUT2D eigenvalue weighted by Gasteiger charge is -2.36. The van der Waals surface area contributed by atoms with Gasteiger partial charge in [0.15, 0.2) is 0 Å². The van der Waals surface area contributed by atoms with Gasteiger partial charge in [0.05, 0.1) is 18.5 Å². The molecule has 0 radical (unpaired) electrons. The maximum Gasteiger partial charge on any atom is 0.308 e. The number of ether oxygens (including phenoxy) is 1. The Kier molecular flexibility index (Phi) is 8.00. The van der Waals surface area contributed by atoms with E-state index in [2.05, 4.69) is 20.9 Å². The Morgan fingerprint density at radius 1 is 1.31 bits per heavy atom. The number of fused-ring (bicyclic) bond motifs is 1. The van der Waals surface area contributed by atoms with Crippen LogP contribution >= 0.6 is 23.1 Å². The van der Waals surface area contributed by atoms with Crippen molar-refractivity contribution >= 4 is 40.0 Å². The molecular formula is C24H29N3O3S2. The number of benzene rings is 1. The van der Waals surface area contributed by atoms with Gasteiger partial charge in [0, 0.05) is 42.0 Å². The summed E-state index contributed by atoms with van der Waals surface area (Å²) in [4.78, 5) is 23.0. The number of rotatable bonds is 10. The largest absolute Gasteiger partial charge is 0.497 e. The highest BCUT2D eigenvalue weighted by atomic mass is 32.2. The summed E-state index contributed by atoms with van der Waals surface area (Å²) < 4.78 is 6.45. The Bertz CT molecular complexity index is 1030. The molecule has 2 atom stereocenters. The average molecular weight is 472 g/mol. The van der Waals surface area contributed by atoms with Gasteiger partial charge in [-0.2, -0.15) is 0 Å². The first-order chi connectivity index (χ1) is 15.6. The van der Waals surface area contributed by atoms with Gasteiger partial charge in [0.25, 0.3) is 0 Å². The van der Waals surface area contributed by atoms with Crippen molar-refractivity contribution in [3.63, 3.8) is 0 Å². The van der Waals surface area contributed by atoms with Crippen molar-refractivity contribution in [3.8, 4) is 5.75 Å². The number of likely N-dealkylation sites (tertiary alicyclic amines) is 1. The Morgan fingerprint density at radius 3 is 3.00 bits per heavy atom. The van der Waals surface area contributed by atoms with E-state index in [-0.39, 0.29) is 11.8 Å². The Morgan fingerprint density at radius 2 is 2.22 bits per heavy atom. The van der Waals surface area contributed by atoms with E-state index >= 15 is 0 Å². The molecule has 0 aliphatic carbocycles. The van der Waals surface area contributed by atoms with Crippen LogP contribution in [0.25, 0.3) is 10.9 Å². The zero-order chi connectivity index (χ0) is 22.3. The lowest BCUT2D eigenvalue weighted by molar-refractivity contribution is -0.146. The summed E-state index contributed by atoms with van der Waals surface area (Å²) in [7, 11) is 1.67. The normalized spacial score (nSPS) is 19.3. The number of carboxylic acids is 1. The Labute approximate surface area is 197 Å². The van der Waals surface area contributed by atoms with Crippen LogP contribution in [-0.4, -0.2) is 58.4 Å². The molecule has 1 N–H and O–H groups in total. The summed E-state index contributed by atoms with van der Waals surface area (Å²) >= 11 is 3.40. The summed E-state index contributed by atoms with van der Waals surface area (Å²) in [5.41, 5.74) is 2.22. The predicted octanol–water partition coefficient (Wildman–Crippen LogP) is 4.84. The molecule has 8 heteroatoms. The molecule has 6 nitrogen and oxygen atoms in total. The standard InChI is InChI=1S/C24H29N3O3S2/c1-30-19-5-6-22-20(15-19)17(7-9-25-22)3-2-4-18-8-11-27(16-21(18)23(28)29)12-14-32-24-26-10-13-31-24/h5-7,9-10,13,15,18,21H,2-4,8,11-12,14,16H2,1H3,(H,28,29)/t18-,21+/m1/s1. The number of aryl methyl sites for hydroxylation is 1. The van der Waals surface area contributed by atoms with Gasteiger partial charge in [0.2, 0.25) is 0 Å². The van der Waals surface area contributed by atoms with Gasteiger partial charge in [-0.3, -0.25) is 9.78 Å². The number of carboxylic acid groups (broad SMARTS) is 1. The lowest BCUT2D eigenvalue weighted by Crippen LogP contribution is -2.44. The number of piperidine rings is 1. The molecule has 1 aliphatic rings. The van der Waals surface area contributed by atoms with Gasteiger partial charge < -0.3 is 14.7 Å². The molecule has 1 aliphatic heterocycles. The van der Waals surface area contributed by atoms with Gasteiger partial charge in [-0.25, -0.2) is 4.98 Å². The number of aliphatic carboxylic acids is 1. The number of hydrogen-bond donors (Lipinski definition) is 1. The van der Waals surface area contributed by atoms with E-state index in [1.165, 1.54) is 5.56 Å². The van der Waals surface area contributed by atoms with Crippen molar-refractivity contribution in [1.29, 1.82) is 0 Å². The van der Waals surface area contributed by atoms with E-state index in [1.54, 1.807) is 30.2 Å². The van der Waals surface area contributed by atoms with E-state index in [9.17, 15) is 9.90 Å². The summed E-state index contributed by atoms with van der Waals surface area (Å²) in [6.07, 6.45) is 7.46. The molecule has 1 saturated heterocycles. The van der Waals surface area contributed by atoms with Crippen LogP contribution in [-0.2, 0) is 11.2 Å². The molecule has 3 aromatic rings. The fourth-order valence-electron chi connectivity index (χ4n) is 4.52. The number of hydrogen-bond acceptors (Lipinski definition) is 7. The van der Waals surface area contributed by atoms with Crippen molar-refractivity contribution < 1.29 is 14.6 Å². The van der Waals surface area contributed by atoms with Crippen LogP contribution in [0.5, 0.6) is 5.75 Å². The Hall–Kier alpha value is -2.16. The second kappa shape index (κ2) is 11.1. The molecule has 0 spiro atoms. The Balaban J connectivity index is 1.30. The molecule has 0 saturated carbocycles. The first-order valence-corrected chi connectivity index (χ1v) is 12.9. The second-order valence-electron chi connectivity index (χ2n) is 8.19. The highest BCUT2D eigenvalue weighted by Crippen LogP contribution is 2.30. The number of aromatic nitrogens is 2. The van der Waals surface area contributed by atoms with Crippen LogP contribution in [0.2, 0.25) is 0 Å². The fraction of sp³-hybridized carbons (Fsp3) is 0.458. The van der Waals surface area contributed by atoms with Crippen LogP contribution in [0.4, 0.5) is 0 Å². The lowest BCUT2D eigenvalue weighted by atomic mass is 9.81. The highest BCUT2D eigenvalue weighted by Gasteiger charge is 2.33. The molecule has 3 heterocycles. The maximum atomic E-state index is 12.0. The number of carbonyl (C=O) groups is 1. The van der Waals surface area contributed by atoms with Crippen LogP contribution < -0.4 is 4.74 Å². The SMILES string of the molecule is COc1ccc2nccc(CCC[C@@H]3CCN(CCSc4nccs4)C[C@@H]3C(=O)O)c2c1. The zero-order valence-corrected chi connectivity index (χ0v) is 19.9. The molecule has 2 aromatic heterocycles. The number of pyridine rings is 1. The van der Waals surface area contributed by atoms with E-state index in [1.807, 2.05) is 36.0 Å². The highest BCUT2D eigenvalue weighted by molar-refractivity contribution is 8.01. The van der Waals surface area contributed by atoms with Crippen molar-refractivity contribution in [3.05, 3.63) is 47.6 Å². The molecule has 1 fully saturated rings. The van der Waals surface area contributed by atoms with Crippen molar-refractivity contribution in [2.24, 2.45) is 11.8 Å². The molecule has 0 unspecified atom stereocenters. The van der Waals surface area contributed by atoms with Crippen LogP contribution in [0.15, 0.2) is 46.4 Å². The topological polar surface area (TPSA) is 75.5 Å². The second-order valence-corrected chi connectivity index (χ2v) is 10.4. The summed E-state index contributed by atoms with van der Waals surface area (Å²) in [5, 5.41) is 13.0. The third-order valence-electron chi connectivity index (χ3n) is 6.26. The van der Waals surface area contributed by atoms with Gasteiger partial charge in [-0.1, -0.05) is 11.8 Å². The van der Waals surface area contributed by atoms with Gasteiger partial charge in [-0.05, 0) is 68.0 Å². The zero-order valence-electron chi connectivity index (χ0n) is 18.3. The minimum absolute atomic E-state index is 0.234. The molecule has 4 rings (SSSR count). The van der Waals surface area contributed by atoms with Gasteiger partial charge in [-0.15, -0.1) is 11.3 Å². The summed E-state index contributed by atoms with van der Waals surface area (Å²) in [6.45, 7) is 2.53. The molecule has 0 bridgehead atoms. The van der Waals surface area contributed by atoms with E-state index < -0.39 is 5.97 Å². The molecule has 1 aromatic carbocycles. The number of thiazole rings is 1. The molecule has 0 amide bonds. The van der Waals surface area contributed by atoms with Crippen LogP contribution in [0.1, 0.15) is 24.8 Å². The van der Waals surface area contributed by atoms with Gasteiger partial charge in [0.1, 0.15) is 10.1 Å². The van der Waals surface area contributed by atoms with Crippen molar-refractivity contribution in [1.82, 2.24) is 14.9 Å². The third-order valence-corrected chi connectivity index (χ3v) is 8.21. The van der Waals surface area contributed by atoms with Crippen molar-refractivity contribution in [2.45, 2.75) is 30.0 Å². The predicted molar refractivity (Wildman–Crippen MR) is 130 cm³/mol. The summed E-state index contributed by atoms with van der Waals surface area (Å²) in [6, 6.07) is 8.03. The quantitative estimate of drug-likeness (QED) is 0.424. The monoisotopic (exact) mass is 471 g/mol. The number of nitrogens with zero attached hydrogens (tertiary/aromatic N) is 3. The first kappa shape index (κ1) is 23.0. The molecular weight excluding hydrogens is 442 g/mol. The van der Waals surface area contributed by atoms with E-state index in [4.69, 9.17) is 4.74 Å². The number of methoxy groups -OCH3 is 1. The molecule has 32 heavy (non-hydrogen) atoms. The van der Waals surface area contributed by atoms with Crippen LogP contribution in [0, 0.1) is 11.8 Å². The average Bonchev–Trinajstić information content (AvgIpc) is 3.33. The fourth-order valence-corrected chi connectivity index (χ4v) is 6.23. The summed E-state index contributed by atoms with van der Waals surface area (Å²) in [5.74, 6) is 1.06. The minimum atomic E-state index is -0.661. The van der Waals surface area contributed by atoms with Gasteiger partial charge >= 0.3 is 5.97 Å². The van der Waals surface area contributed by atoms with Crippen LogP contribution in [0.3, 0.4) is 0 Å². The van der Waals surface area contributed by atoms with E-state index in [0.717, 1.165) is 65.5 Å². The third kappa shape index (κ3) is 5.79. The van der Waals surface area contributed by atoms with Crippen molar-refractivity contribution in [2.75, 3.05) is 32.5 Å². The first-order valence-electron chi connectivity index (χ1n) is 11.0. The number of thioether (sulfide) groups is 1. The van der Waals surface area contributed by atoms with E-state index in [0.29, 0.717) is 6.54 Å².